The maximum Gasteiger partial charge on any atom is 0.311 e. The van der Waals surface area contributed by atoms with Gasteiger partial charge in [-0.05, 0) is 29.9 Å². The van der Waals surface area contributed by atoms with Crippen LogP contribution in [0.25, 0.3) is 0 Å². The molecule has 8 heteroatoms. The summed E-state index contributed by atoms with van der Waals surface area (Å²) in [5.41, 5.74) is 2.28. The molecule has 1 aromatic heterocycles. The van der Waals surface area contributed by atoms with Crippen molar-refractivity contribution >= 4 is 18.2 Å². The zero-order valence-corrected chi connectivity index (χ0v) is 17.0. The Hall–Kier alpha value is -2.32. The molecular formula is C19H26N3O4S+. The maximum absolute atomic E-state index is 12.1. The Morgan fingerprint density at radius 2 is 1.93 bits per heavy atom. The molecule has 27 heavy (non-hydrogen) atoms. The van der Waals surface area contributed by atoms with E-state index in [0.29, 0.717) is 24.6 Å². The lowest BCUT2D eigenvalue weighted by molar-refractivity contribution is -0.955. The average molecular weight is 393 g/mol. The molecule has 0 bridgehead atoms. The highest BCUT2D eigenvalue weighted by atomic mass is 32.1. The van der Waals surface area contributed by atoms with Crippen LogP contribution in [0.15, 0.2) is 24.5 Å². The number of nitrogens with one attached hydrogen (secondary N) is 1. The molecule has 0 radical (unpaired) electrons. The summed E-state index contributed by atoms with van der Waals surface area (Å²) in [6.45, 7) is 1.58. The average Bonchev–Trinajstić information content (AvgIpc) is 3.00. The van der Waals surface area contributed by atoms with Crippen molar-refractivity contribution < 1.29 is 23.9 Å². The first-order chi connectivity index (χ1) is 13.0. The van der Waals surface area contributed by atoms with Crippen molar-refractivity contribution in [1.29, 1.82) is 0 Å². The van der Waals surface area contributed by atoms with E-state index in [9.17, 15) is 4.79 Å². The van der Waals surface area contributed by atoms with Crippen LogP contribution in [0.5, 0.6) is 11.5 Å². The molecule has 1 unspecified atom stereocenters. The molecule has 0 spiro atoms. The summed E-state index contributed by atoms with van der Waals surface area (Å²) in [5.74, 6) is 1.15. The number of hydrogen-bond acceptors (Lipinski definition) is 5. The molecule has 2 aromatic rings. The quantitative estimate of drug-likeness (QED) is 0.593. The van der Waals surface area contributed by atoms with Crippen LogP contribution in [0.1, 0.15) is 23.6 Å². The first-order valence-corrected chi connectivity index (χ1v) is 9.27. The molecule has 1 aliphatic heterocycles. The van der Waals surface area contributed by atoms with Crippen molar-refractivity contribution in [2.45, 2.75) is 25.6 Å². The lowest BCUT2D eigenvalue weighted by Crippen LogP contribution is -3.12. The summed E-state index contributed by atoms with van der Waals surface area (Å²) in [4.78, 5) is 13.4. The number of ether oxygens (including phenoxy) is 3. The van der Waals surface area contributed by atoms with E-state index in [1.165, 1.54) is 17.6 Å². The van der Waals surface area contributed by atoms with Gasteiger partial charge in [-0.15, -0.1) is 0 Å². The van der Waals surface area contributed by atoms with Gasteiger partial charge < -0.3 is 23.7 Å². The number of aromatic nitrogens is 2. The molecule has 0 saturated carbocycles. The van der Waals surface area contributed by atoms with Gasteiger partial charge in [-0.25, -0.2) is 0 Å². The number of nitrogens with zero attached hydrogens (tertiary/aromatic N) is 2. The van der Waals surface area contributed by atoms with E-state index in [4.69, 9.17) is 26.4 Å². The monoisotopic (exact) mass is 392 g/mol. The van der Waals surface area contributed by atoms with Crippen molar-refractivity contribution in [3.8, 4) is 11.5 Å². The van der Waals surface area contributed by atoms with Crippen molar-refractivity contribution in [1.82, 2.24) is 9.13 Å². The summed E-state index contributed by atoms with van der Waals surface area (Å²) in [6.07, 6.45) is 5.12. The van der Waals surface area contributed by atoms with Gasteiger partial charge >= 0.3 is 5.97 Å². The van der Waals surface area contributed by atoms with Gasteiger partial charge in [0, 0.05) is 31.4 Å². The number of fused-ring (bicyclic) bond motifs is 1. The van der Waals surface area contributed by atoms with Crippen molar-refractivity contribution in [3.05, 3.63) is 40.4 Å². The van der Waals surface area contributed by atoms with E-state index in [1.54, 1.807) is 14.2 Å². The molecule has 1 aliphatic rings. The minimum Gasteiger partial charge on any atom is -0.493 e. The third-order valence-electron chi connectivity index (χ3n) is 5.22. The number of methoxy groups -OCH3 is 3. The molecule has 3 rings (SSSR count). The molecule has 146 valence electrons. The third-order valence-corrected chi connectivity index (χ3v) is 5.74. The van der Waals surface area contributed by atoms with E-state index < -0.39 is 0 Å². The first kappa shape index (κ1) is 19.4. The SMILES string of the molecule is COC(=O)C[C@H]1c2cc(OC)c(OC)cc2CC[NH+]1Cn1ccn(C)c1=S. The van der Waals surface area contributed by atoms with Crippen molar-refractivity contribution in [2.24, 2.45) is 7.05 Å². The van der Waals surface area contributed by atoms with Gasteiger partial charge in [0.15, 0.2) is 22.9 Å². The Morgan fingerprint density at radius 1 is 1.22 bits per heavy atom. The molecule has 2 heterocycles. The van der Waals surface area contributed by atoms with Crippen LogP contribution in [0, 0.1) is 4.77 Å². The molecule has 0 fully saturated rings. The Bertz CT molecular complexity index is 890. The zero-order valence-electron chi connectivity index (χ0n) is 16.2. The van der Waals surface area contributed by atoms with Crippen molar-refractivity contribution in [3.63, 3.8) is 0 Å². The number of rotatable bonds is 6. The molecule has 0 amide bonds. The molecule has 0 saturated heterocycles. The number of hydrogen-bond donors (Lipinski definition) is 1. The fourth-order valence-electron chi connectivity index (χ4n) is 3.71. The van der Waals surface area contributed by atoms with Crippen LogP contribution >= 0.6 is 12.2 Å². The number of esters is 1. The van der Waals surface area contributed by atoms with Crippen molar-refractivity contribution in [2.75, 3.05) is 27.9 Å². The van der Waals surface area contributed by atoms with E-state index in [1.807, 2.05) is 40.7 Å². The van der Waals surface area contributed by atoms with Gasteiger partial charge in [-0.2, -0.15) is 0 Å². The highest BCUT2D eigenvalue weighted by Crippen LogP contribution is 2.35. The first-order valence-electron chi connectivity index (χ1n) is 8.86. The number of carbonyl (C=O) groups excluding carboxylic acids is 1. The molecular weight excluding hydrogens is 366 g/mol. The second kappa shape index (κ2) is 8.14. The van der Waals surface area contributed by atoms with Crippen LogP contribution in [0.3, 0.4) is 0 Å². The summed E-state index contributed by atoms with van der Waals surface area (Å²) < 4.78 is 20.6. The fraction of sp³-hybridized carbons (Fsp3) is 0.474. The van der Waals surface area contributed by atoms with Gasteiger partial charge in [-0.3, -0.25) is 9.36 Å². The topological polar surface area (TPSA) is 59.1 Å². The van der Waals surface area contributed by atoms with Crippen LogP contribution in [0.4, 0.5) is 0 Å². The summed E-state index contributed by atoms with van der Waals surface area (Å²) in [5, 5.41) is 0. The van der Waals surface area contributed by atoms with E-state index in [0.717, 1.165) is 23.3 Å². The number of benzene rings is 1. The van der Waals surface area contributed by atoms with Gasteiger partial charge in [0.25, 0.3) is 0 Å². The van der Waals surface area contributed by atoms with E-state index >= 15 is 0 Å². The van der Waals surface area contributed by atoms with Gasteiger partial charge in [0.2, 0.25) is 0 Å². The molecule has 1 N–H and O–H groups in total. The highest BCUT2D eigenvalue weighted by Gasteiger charge is 2.34. The normalized spacial score (nSPS) is 18.7. The molecule has 1 aromatic carbocycles. The van der Waals surface area contributed by atoms with Gasteiger partial charge in [-0.1, -0.05) is 0 Å². The zero-order chi connectivity index (χ0) is 19.6. The summed E-state index contributed by atoms with van der Waals surface area (Å²) >= 11 is 5.48. The number of quaternary nitrogens is 1. The Morgan fingerprint density at radius 3 is 2.52 bits per heavy atom. The minimum atomic E-state index is -0.225. The third kappa shape index (κ3) is 3.86. The number of carbonyl (C=O) groups is 1. The Kier molecular flexibility index (Phi) is 5.86. The predicted molar refractivity (Wildman–Crippen MR) is 103 cm³/mol. The minimum absolute atomic E-state index is 0.0388. The lowest BCUT2D eigenvalue weighted by atomic mass is 9.90. The largest absolute Gasteiger partial charge is 0.493 e. The van der Waals surface area contributed by atoms with E-state index in [-0.39, 0.29) is 12.0 Å². The van der Waals surface area contributed by atoms with Crippen LogP contribution < -0.4 is 14.4 Å². The number of imidazole rings is 1. The van der Waals surface area contributed by atoms with Gasteiger partial charge in [0.05, 0.1) is 27.9 Å². The molecule has 2 atom stereocenters. The fourth-order valence-corrected chi connectivity index (χ4v) is 3.90. The summed E-state index contributed by atoms with van der Waals surface area (Å²) in [6, 6.07) is 3.97. The second-order valence-electron chi connectivity index (χ2n) is 6.72. The highest BCUT2D eigenvalue weighted by molar-refractivity contribution is 7.71. The summed E-state index contributed by atoms with van der Waals surface area (Å²) in [7, 11) is 6.61. The lowest BCUT2D eigenvalue weighted by Gasteiger charge is -2.34. The van der Waals surface area contributed by atoms with Crippen LogP contribution in [-0.2, 0) is 29.7 Å². The Labute approximate surface area is 164 Å². The van der Waals surface area contributed by atoms with Crippen LogP contribution in [0.2, 0.25) is 0 Å². The smallest absolute Gasteiger partial charge is 0.311 e. The van der Waals surface area contributed by atoms with Crippen LogP contribution in [-0.4, -0.2) is 43.0 Å². The molecule has 0 aliphatic carbocycles. The molecule has 7 nitrogen and oxygen atoms in total. The van der Waals surface area contributed by atoms with E-state index in [2.05, 4.69) is 0 Å². The predicted octanol–water partition coefficient (Wildman–Crippen LogP) is 1.28. The standard InChI is InChI=1S/C19H25N3O4S/c1-20-7-8-22(19(20)27)12-21-6-5-13-9-16(24-2)17(25-3)10-14(13)15(21)11-18(23)26-4/h7-10,15H,5-6,11-12H2,1-4H3/p+1/t15-/m0/s1. The number of aryl methyl sites for hydroxylation is 1. The maximum atomic E-state index is 12.1. The Balaban J connectivity index is 1.99. The van der Waals surface area contributed by atoms with Gasteiger partial charge in [0.1, 0.15) is 12.5 Å². The second-order valence-corrected chi connectivity index (χ2v) is 7.08.